The SMILES string of the molecule is O=C(Nc1cn2nc(I)ccc2n1)c1ccccc1Cl. The first-order chi connectivity index (χ1) is 9.63. The van der Waals surface area contributed by atoms with Gasteiger partial charge < -0.3 is 5.32 Å². The van der Waals surface area contributed by atoms with E-state index in [-0.39, 0.29) is 5.91 Å². The number of anilines is 1. The van der Waals surface area contributed by atoms with E-state index in [1.165, 1.54) is 0 Å². The molecule has 100 valence electrons. The molecular weight excluding hydrogens is 391 g/mol. The fraction of sp³-hybridized carbons (Fsp3) is 0. The predicted octanol–water partition coefficient (Wildman–Crippen LogP) is 3.24. The lowest BCUT2D eigenvalue weighted by Gasteiger charge is -2.03. The van der Waals surface area contributed by atoms with Crippen LogP contribution in [0.3, 0.4) is 0 Å². The minimum Gasteiger partial charge on any atom is -0.305 e. The first-order valence-corrected chi connectivity index (χ1v) is 7.17. The van der Waals surface area contributed by atoms with Crippen molar-refractivity contribution >= 4 is 51.6 Å². The summed E-state index contributed by atoms with van der Waals surface area (Å²) in [6.07, 6.45) is 1.66. The maximum Gasteiger partial charge on any atom is 0.258 e. The van der Waals surface area contributed by atoms with Crippen molar-refractivity contribution in [3.63, 3.8) is 0 Å². The van der Waals surface area contributed by atoms with Gasteiger partial charge in [0.25, 0.3) is 5.91 Å². The highest BCUT2D eigenvalue weighted by Crippen LogP contribution is 2.17. The van der Waals surface area contributed by atoms with Crippen molar-refractivity contribution < 1.29 is 4.79 Å². The van der Waals surface area contributed by atoms with E-state index in [0.29, 0.717) is 22.1 Å². The fourth-order valence-corrected chi connectivity index (χ4v) is 2.38. The number of nitrogens with zero attached hydrogens (tertiary/aromatic N) is 3. The molecule has 0 unspecified atom stereocenters. The monoisotopic (exact) mass is 398 g/mol. The number of nitrogens with one attached hydrogen (secondary N) is 1. The summed E-state index contributed by atoms with van der Waals surface area (Å²) in [5.74, 6) is 0.137. The Bertz CT molecular complexity index is 802. The number of hydrogen-bond acceptors (Lipinski definition) is 3. The second kappa shape index (κ2) is 5.37. The van der Waals surface area contributed by atoms with E-state index in [0.717, 1.165) is 3.70 Å². The lowest BCUT2D eigenvalue weighted by molar-refractivity contribution is 0.102. The topological polar surface area (TPSA) is 59.3 Å². The molecule has 2 aromatic heterocycles. The molecule has 0 atom stereocenters. The van der Waals surface area contributed by atoms with Crippen molar-refractivity contribution in [1.82, 2.24) is 14.6 Å². The fourth-order valence-electron chi connectivity index (χ4n) is 1.75. The number of rotatable bonds is 2. The zero-order chi connectivity index (χ0) is 14.1. The van der Waals surface area contributed by atoms with Crippen LogP contribution in [-0.2, 0) is 0 Å². The maximum atomic E-state index is 12.1. The summed E-state index contributed by atoms with van der Waals surface area (Å²) in [6.45, 7) is 0. The molecule has 0 saturated carbocycles. The van der Waals surface area contributed by atoms with Gasteiger partial charge in [0.05, 0.1) is 16.8 Å². The standard InChI is InChI=1S/C13H8ClIN4O/c14-9-4-2-1-3-8(9)13(20)17-11-7-19-12(16-11)6-5-10(15)18-19/h1-7H,(H,17,20). The molecule has 0 aliphatic heterocycles. The highest BCUT2D eigenvalue weighted by Gasteiger charge is 2.12. The molecular formula is C13H8ClIN4O. The number of hydrogen-bond donors (Lipinski definition) is 1. The molecule has 0 saturated heterocycles. The molecule has 1 aromatic carbocycles. The zero-order valence-electron chi connectivity index (χ0n) is 10.0. The van der Waals surface area contributed by atoms with E-state index in [1.54, 1.807) is 35.0 Å². The molecule has 1 N–H and O–H groups in total. The highest BCUT2D eigenvalue weighted by molar-refractivity contribution is 14.1. The molecule has 0 spiro atoms. The van der Waals surface area contributed by atoms with Gasteiger partial charge in [0.1, 0.15) is 3.70 Å². The average Bonchev–Trinajstić information content (AvgIpc) is 2.80. The summed E-state index contributed by atoms with van der Waals surface area (Å²) >= 11 is 8.10. The third-order valence-electron chi connectivity index (χ3n) is 2.65. The van der Waals surface area contributed by atoms with E-state index in [4.69, 9.17) is 11.6 Å². The van der Waals surface area contributed by atoms with Crippen LogP contribution in [0.25, 0.3) is 5.65 Å². The van der Waals surface area contributed by atoms with Crippen LogP contribution < -0.4 is 5.32 Å². The van der Waals surface area contributed by atoms with Gasteiger partial charge in [-0.1, -0.05) is 23.7 Å². The number of aromatic nitrogens is 3. The molecule has 0 aliphatic carbocycles. The van der Waals surface area contributed by atoms with Crippen molar-refractivity contribution in [3.8, 4) is 0 Å². The number of halogens is 2. The van der Waals surface area contributed by atoms with Crippen LogP contribution in [0.4, 0.5) is 5.82 Å². The Labute approximate surface area is 133 Å². The van der Waals surface area contributed by atoms with E-state index in [2.05, 4.69) is 38.0 Å². The second-order valence-corrected chi connectivity index (χ2v) is 5.53. The number of imidazole rings is 1. The van der Waals surface area contributed by atoms with Crippen LogP contribution in [0.5, 0.6) is 0 Å². The average molecular weight is 399 g/mol. The van der Waals surface area contributed by atoms with E-state index >= 15 is 0 Å². The van der Waals surface area contributed by atoms with Gasteiger partial charge in [0, 0.05) is 0 Å². The van der Waals surface area contributed by atoms with Gasteiger partial charge in [0.2, 0.25) is 0 Å². The van der Waals surface area contributed by atoms with Gasteiger partial charge in [-0.15, -0.1) is 0 Å². The van der Waals surface area contributed by atoms with E-state index in [9.17, 15) is 4.79 Å². The Morgan fingerprint density at radius 2 is 2.05 bits per heavy atom. The highest BCUT2D eigenvalue weighted by atomic mass is 127. The van der Waals surface area contributed by atoms with Crippen LogP contribution in [0.2, 0.25) is 5.02 Å². The Hall–Kier alpha value is -1.67. The molecule has 7 heteroatoms. The Morgan fingerprint density at radius 3 is 2.85 bits per heavy atom. The third kappa shape index (κ3) is 2.61. The first kappa shape index (κ1) is 13.3. The van der Waals surface area contributed by atoms with Gasteiger partial charge >= 0.3 is 0 Å². The van der Waals surface area contributed by atoms with Gasteiger partial charge in [-0.2, -0.15) is 5.10 Å². The van der Waals surface area contributed by atoms with Crippen LogP contribution in [0, 0.1) is 3.70 Å². The van der Waals surface area contributed by atoms with Crippen molar-refractivity contribution in [2.45, 2.75) is 0 Å². The van der Waals surface area contributed by atoms with Crippen molar-refractivity contribution in [2.24, 2.45) is 0 Å². The summed E-state index contributed by atoms with van der Waals surface area (Å²) in [5.41, 5.74) is 1.08. The molecule has 5 nitrogen and oxygen atoms in total. The number of benzene rings is 1. The van der Waals surface area contributed by atoms with Crippen LogP contribution in [0.15, 0.2) is 42.6 Å². The van der Waals surface area contributed by atoms with E-state index in [1.807, 2.05) is 12.1 Å². The Kier molecular flexibility index (Phi) is 3.58. The molecule has 3 aromatic rings. The van der Waals surface area contributed by atoms with Crippen LogP contribution >= 0.6 is 34.2 Å². The number of amides is 1. The largest absolute Gasteiger partial charge is 0.305 e. The lowest BCUT2D eigenvalue weighted by atomic mass is 10.2. The molecule has 0 bridgehead atoms. The Morgan fingerprint density at radius 1 is 1.25 bits per heavy atom. The minimum atomic E-state index is -0.297. The number of fused-ring (bicyclic) bond motifs is 1. The summed E-state index contributed by atoms with van der Waals surface area (Å²) in [4.78, 5) is 16.4. The molecule has 3 rings (SSSR count). The van der Waals surface area contributed by atoms with Gasteiger partial charge in [-0.25, -0.2) is 9.50 Å². The predicted molar refractivity (Wildman–Crippen MR) is 85.1 cm³/mol. The summed E-state index contributed by atoms with van der Waals surface area (Å²) in [5, 5.41) is 7.37. The second-order valence-electron chi connectivity index (χ2n) is 4.02. The van der Waals surface area contributed by atoms with Crippen LogP contribution in [-0.4, -0.2) is 20.5 Å². The molecule has 2 heterocycles. The zero-order valence-corrected chi connectivity index (χ0v) is 13.0. The normalized spacial score (nSPS) is 10.7. The number of carbonyl (C=O) groups is 1. The quantitative estimate of drug-likeness (QED) is 0.674. The Balaban J connectivity index is 1.89. The van der Waals surface area contributed by atoms with Gasteiger partial charge in [-0.3, -0.25) is 4.79 Å². The summed E-state index contributed by atoms with van der Waals surface area (Å²) in [7, 11) is 0. The van der Waals surface area contributed by atoms with Crippen molar-refractivity contribution in [1.29, 1.82) is 0 Å². The minimum absolute atomic E-state index is 0.297. The maximum absolute atomic E-state index is 12.1. The molecule has 1 amide bonds. The number of carbonyl (C=O) groups excluding carboxylic acids is 1. The molecule has 0 aliphatic rings. The first-order valence-electron chi connectivity index (χ1n) is 5.71. The van der Waals surface area contributed by atoms with Crippen LogP contribution in [0.1, 0.15) is 10.4 Å². The summed E-state index contributed by atoms with van der Waals surface area (Å²) in [6, 6.07) is 10.5. The lowest BCUT2D eigenvalue weighted by Crippen LogP contribution is -2.12. The molecule has 20 heavy (non-hydrogen) atoms. The van der Waals surface area contributed by atoms with Gasteiger partial charge in [-0.05, 0) is 46.9 Å². The summed E-state index contributed by atoms with van der Waals surface area (Å²) < 4.78 is 2.46. The van der Waals surface area contributed by atoms with Crippen molar-refractivity contribution in [2.75, 3.05) is 5.32 Å². The van der Waals surface area contributed by atoms with Gasteiger partial charge in [0.15, 0.2) is 11.5 Å². The molecule has 0 fully saturated rings. The third-order valence-corrected chi connectivity index (χ3v) is 3.55. The van der Waals surface area contributed by atoms with E-state index < -0.39 is 0 Å². The van der Waals surface area contributed by atoms with Crippen molar-refractivity contribution in [3.05, 3.63) is 56.9 Å². The molecule has 0 radical (unpaired) electrons. The smallest absolute Gasteiger partial charge is 0.258 e.